The van der Waals surface area contributed by atoms with E-state index >= 15 is 0 Å². The minimum atomic E-state index is -0.329. The van der Waals surface area contributed by atoms with E-state index in [4.69, 9.17) is 0 Å². The molecule has 3 aromatic rings. The topological polar surface area (TPSA) is 20.9 Å². The second-order valence-electron chi connectivity index (χ2n) is 4.25. The van der Waals surface area contributed by atoms with Gasteiger partial charge in [-0.15, -0.1) is 0 Å². The van der Waals surface area contributed by atoms with Gasteiger partial charge in [-0.25, -0.2) is 4.39 Å². The van der Waals surface area contributed by atoms with Crippen molar-refractivity contribution in [3.63, 3.8) is 0 Å². The fourth-order valence-corrected chi connectivity index (χ4v) is 2.87. The van der Waals surface area contributed by atoms with Gasteiger partial charge in [0, 0.05) is 11.6 Å². The van der Waals surface area contributed by atoms with Crippen LogP contribution in [0.15, 0.2) is 54.0 Å². The van der Waals surface area contributed by atoms with Gasteiger partial charge in [-0.3, -0.25) is 4.79 Å². The monoisotopic (exact) mass is 351 g/mol. The van der Waals surface area contributed by atoms with Gasteiger partial charge in [-0.2, -0.15) is 4.57 Å². The largest absolute Gasteiger partial charge is 1.00 e. The number of ketones is 1. The zero-order chi connectivity index (χ0) is 13.2. The Bertz CT molecular complexity index is 739. The number of fused-ring (bicyclic) bond motifs is 1. The lowest BCUT2D eigenvalue weighted by Gasteiger charge is -1.97. The first-order valence-corrected chi connectivity index (χ1v) is 6.76. The highest BCUT2D eigenvalue weighted by atomic mass is 79.9. The number of benzene rings is 2. The molecule has 0 saturated carbocycles. The Labute approximate surface area is 130 Å². The Morgan fingerprint density at radius 2 is 1.80 bits per heavy atom. The van der Waals surface area contributed by atoms with E-state index in [1.807, 2.05) is 34.3 Å². The molecule has 0 saturated heterocycles. The number of thiazole rings is 1. The molecule has 3 rings (SSSR count). The maximum absolute atomic E-state index is 12.8. The zero-order valence-electron chi connectivity index (χ0n) is 10.4. The summed E-state index contributed by atoms with van der Waals surface area (Å²) in [6, 6.07) is 13.6. The van der Waals surface area contributed by atoms with Crippen molar-refractivity contribution in [3.8, 4) is 0 Å². The summed E-state index contributed by atoms with van der Waals surface area (Å²) in [6.45, 7) is 0.273. The van der Waals surface area contributed by atoms with Gasteiger partial charge >= 0.3 is 0 Å². The summed E-state index contributed by atoms with van der Waals surface area (Å²) in [5.74, 6) is -0.348. The smallest absolute Gasteiger partial charge is 0.227 e. The summed E-state index contributed by atoms with van der Waals surface area (Å²) >= 11 is 1.60. The van der Waals surface area contributed by atoms with Gasteiger partial charge in [0.25, 0.3) is 0 Å². The van der Waals surface area contributed by atoms with Gasteiger partial charge < -0.3 is 17.0 Å². The molecule has 0 aliphatic carbocycles. The van der Waals surface area contributed by atoms with Gasteiger partial charge in [0.1, 0.15) is 10.5 Å². The minimum absolute atomic E-state index is 0. The second-order valence-corrected chi connectivity index (χ2v) is 5.14. The highest BCUT2D eigenvalue weighted by Crippen LogP contribution is 2.15. The molecule has 20 heavy (non-hydrogen) atoms. The van der Waals surface area contributed by atoms with E-state index in [2.05, 4.69) is 0 Å². The molecule has 1 aromatic heterocycles. The van der Waals surface area contributed by atoms with Crippen molar-refractivity contribution in [2.75, 3.05) is 0 Å². The standard InChI is InChI=1S/C15H11FNOS.BrH/c16-12-7-5-11(6-8-12)14(18)9-17-10-19-15-4-2-1-3-13(15)17;/h1-8,10H,9H2;1H/q+1;/p-1. The van der Waals surface area contributed by atoms with Gasteiger partial charge in [0.15, 0.2) is 0 Å². The van der Waals surface area contributed by atoms with E-state index in [0.29, 0.717) is 5.56 Å². The molecule has 1 heterocycles. The highest BCUT2D eigenvalue weighted by molar-refractivity contribution is 7.16. The predicted molar refractivity (Wildman–Crippen MR) is 72.8 cm³/mol. The third-order valence-corrected chi connectivity index (χ3v) is 3.92. The van der Waals surface area contributed by atoms with Crippen molar-refractivity contribution in [1.29, 1.82) is 0 Å². The second kappa shape index (κ2) is 6.24. The van der Waals surface area contributed by atoms with Crippen LogP contribution in [0.2, 0.25) is 0 Å². The normalized spacial score (nSPS) is 10.2. The van der Waals surface area contributed by atoms with Gasteiger partial charge in [-0.1, -0.05) is 23.5 Å². The van der Waals surface area contributed by atoms with Crippen molar-refractivity contribution in [2.24, 2.45) is 0 Å². The third-order valence-electron chi connectivity index (χ3n) is 2.96. The molecule has 5 heteroatoms. The van der Waals surface area contributed by atoms with E-state index in [1.54, 1.807) is 11.3 Å². The van der Waals surface area contributed by atoms with Crippen molar-refractivity contribution in [2.45, 2.75) is 6.54 Å². The van der Waals surface area contributed by atoms with Crippen molar-refractivity contribution in [1.82, 2.24) is 0 Å². The molecule has 0 aliphatic heterocycles. The Kier molecular flexibility index (Phi) is 4.62. The molecule has 0 spiro atoms. The van der Waals surface area contributed by atoms with Crippen LogP contribution in [0.5, 0.6) is 0 Å². The van der Waals surface area contributed by atoms with Crippen LogP contribution in [0.1, 0.15) is 10.4 Å². The number of Topliss-reactive ketones (excluding diaryl/α,β-unsaturated/α-hetero) is 1. The number of hydrogen-bond acceptors (Lipinski definition) is 2. The van der Waals surface area contributed by atoms with Crippen molar-refractivity contribution in [3.05, 3.63) is 65.4 Å². The van der Waals surface area contributed by atoms with Gasteiger partial charge in [0.2, 0.25) is 23.4 Å². The number of halogens is 2. The Hall–Kier alpha value is -1.59. The molecule has 0 aliphatic rings. The van der Waals surface area contributed by atoms with Crippen molar-refractivity contribution >= 4 is 27.3 Å². The van der Waals surface area contributed by atoms with Crippen molar-refractivity contribution < 1.29 is 30.7 Å². The van der Waals surface area contributed by atoms with Crippen LogP contribution in [0.25, 0.3) is 10.2 Å². The third kappa shape index (κ3) is 2.94. The summed E-state index contributed by atoms with van der Waals surface area (Å²) in [6.07, 6.45) is 0. The lowest BCUT2D eigenvalue weighted by Crippen LogP contribution is -3.00. The first-order valence-electron chi connectivity index (χ1n) is 5.88. The Morgan fingerprint density at radius 3 is 2.55 bits per heavy atom. The van der Waals surface area contributed by atoms with Crippen LogP contribution >= 0.6 is 11.3 Å². The number of para-hydroxylation sites is 1. The fraction of sp³-hybridized carbons (Fsp3) is 0.0667. The Morgan fingerprint density at radius 1 is 1.10 bits per heavy atom. The number of aromatic nitrogens is 1. The van der Waals surface area contributed by atoms with Gasteiger partial charge in [-0.05, 0) is 30.3 Å². The van der Waals surface area contributed by atoms with Crippen LogP contribution < -0.4 is 21.5 Å². The van der Waals surface area contributed by atoms with Crippen LogP contribution in [0.3, 0.4) is 0 Å². The molecular formula is C15H11BrFNOS. The molecule has 0 radical (unpaired) electrons. The molecule has 0 bridgehead atoms. The Balaban J connectivity index is 0.00000147. The molecule has 0 unspecified atom stereocenters. The molecule has 0 atom stereocenters. The first kappa shape index (κ1) is 14.8. The van der Waals surface area contributed by atoms with E-state index in [9.17, 15) is 9.18 Å². The van der Waals surface area contributed by atoms with Crippen LogP contribution in [-0.2, 0) is 6.54 Å². The lowest BCUT2D eigenvalue weighted by atomic mass is 10.1. The first-order chi connectivity index (χ1) is 9.24. The van der Waals surface area contributed by atoms with E-state index in [1.165, 1.54) is 24.3 Å². The summed E-state index contributed by atoms with van der Waals surface area (Å²) in [5, 5.41) is 0. The maximum Gasteiger partial charge on any atom is 0.227 e. The van der Waals surface area contributed by atoms with E-state index in [-0.39, 0.29) is 35.1 Å². The summed E-state index contributed by atoms with van der Waals surface area (Å²) in [4.78, 5) is 12.1. The van der Waals surface area contributed by atoms with Crippen LogP contribution in [0.4, 0.5) is 4.39 Å². The van der Waals surface area contributed by atoms with Crippen LogP contribution in [0, 0.1) is 5.82 Å². The molecule has 0 fully saturated rings. The SMILES string of the molecule is O=C(C[n+]1csc2ccccc21)c1ccc(F)cc1.[Br-]. The quantitative estimate of drug-likeness (QED) is 0.488. The van der Waals surface area contributed by atoms with E-state index < -0.39 is 0 Å². The number of hydrogen-bond donors (Lipinski definition) is 0. The summed E-state index contributed by atoms with van der Waals surface area (Å²) in [5.41, 5.74) is 3.51. The molecule has 2 aromatic carbocycles. The average Bonchev–Trinajstić information content (AvgIpc) is 2.83. The average molecular weight is 352 g/mol. The molecule has 2 nitrogen and oxygen atoms in total. The fourth-order valence-electron chi connectivity index (χ4n) is 1.98. The predicted octanol–water partition coefficient (Wildman–Crippen LogP) is 0.215. The number of rotatable bonds is 3. The minimum Gasteiger partial charge on any atom is -1.00 e. The molecular weight excluding hydrogens is 341 g/mol. The number of carbonyl (C=O) groups is 1. The molecule has 0 amide bonds. The maximum atomic E-state index is 12.8. The van der Waals surface area contributed by atoms with Gasteiger partial charge in [0.05, 0.1) is 0 Å². The zero-order valence-corrected chi connectivity index (χ0v) is 12.8. The number of carbonyl (C=O) groups excluding carboxylic acids is 1. The van der Waals surface area contributed by atoms with Crippen LogP contribution in [-0.4, -0.2) is 5.78 Å². The number of nitrogens with zero attached hydrogens (tertiary/aromatic N) is 1. The molecule has 102 valence electrons. The summed E-state index contributed by atoms with van der Waals surface area (Å²) in [7, 11) is 0. The highest BCUT2D eigenvalue weighted by Gasteiger charge is 2.16. The van der Waals surface area contributed by atoms with E-state index in [0.717, 1.165) is 10.2 Å². The lowest BCUT2D eigenvalue weighted by molar-refractivity contribution is -0.652. The molecule has 0 N–H and O–H groups in total. The summed E-state index contributed by atoms with van der Waals surface area (Å²) < 4.78 is 15.9.